The van der Waals surface area contributed by atoms with Gasteiger partial charge >= 0.3 is 12.1 Å². The fraction of sp³-hybridized carbons (Fsp3) is 0.536. The molecule has 210 valence electrons. The van der Waals surface area contributed by atoms with E-state index in [1.165, 1.54) is 0 Å². The first-order chi connectivity index (χ1) is 18.3. The zero-order valence-corrected chi connectivity index (χ0v) is 23.8. The highest BCUT2D eigenvalue weighted by atomic mass is 16.6. The maximum absolute atomic E-state index is 12.3. The lowest BCUT2D eigenvalue weighted by molar-refractivity contribution is 0.0143. The molecule has 4 rings (SSSR count). The Balaban J connectivity index is 1.29. The fourth-order valence-corrected chi connectivity index (χ4v) is 4.29. The second kappa shape index (κ2) is 11.6. The van der Waals surface area contributed by atoms with Crippen LogP contribution in [0.4, 0.5) is 15.4 Å². The maximum atomic E-state index is 12.3. The molecular formula is C28H40N8O3. The van der Waals surface area contributed by atoms with Gasteiger partial charge in [0.15, 0.2) is 0 Å². The van der Waals surface area contributed by atoms with Crippen LogP contribution >= 0.6 is 0 Å². The van der Waals surface area contributed by atoms with Gasteiger partial charge in [-0.1, -0.05) is 0 Å². The summed E-state index contributed by atoms with van der Waals surface area (Å²) in [5, 5.41) is 10.2. The van der Waals surface area contributed by atoms with Crippen LogP contribution in [-0.4, -0.2) is 85.5 Å². The number of nitrogens with one attached hydrogen (secondary N) is 2. The molecule has 0 aromatic carbocycles. The Morgan fingerprint density at radius 3 is 2.38 bits per heavy atom. The minimum Gasteiger partial charge on any atom is -0.444 e. The number of amides is 3. The average Bonchev–Trinajstić information content (AvgIpc) is 3.31. The molecule has 4 heterocycles. The number of urea groups is 1. The first kappa shape index (κ1) is 28.3. The highest BCUT2D eigenvalue weighted by Crippen LogP contribution is 2.23. The third-order valence-electron chi connectivity index (χ3n) is 6.12. The van der Waals surface area contributed by atoms with Crippen molar-refractivity contribution in [3.8, 4) is 11.1 Å². The van der Waals surface area contributed by atoms with Gasteiger partial charge in [0.25, 0.3) is 0 Å². The van der Waals surface area contributed by atoms with Crippen molar-refractivity contribution in [2.75, 3.05) is 38.0 Å². The third kappa shape index (κ3) is 8.38. The number of fused-ring (bicyclic) bond motifs is 1. The summed E-state index contributed by atoms with van der Waals surface area (Å²) in [7, 11) is 0. The highest BCUT2D eigenvalue weighted by Gasteiger charge is 2.25. The number of aryl methyl sites for hydroxylation is 1. The largest absolute Gasteiger partial charge is 0.444 e. The zero-order chi connectivity index (χ0) is 28.2. The van der Waals surface area contributed by atoms with Crippen LogP contribution in [0.25, 0.3) is 22.2 Å². The van der Waals surface area contributed by atoms with Crippen molar-refractivity contribution in [2.45, 2.75) is 65.6 Å². The number of ether oxygens (including phenoxy) is 1. The van der Waals surface area contributed by atoms with Gasteiger partial charge in [0, 0.05) is 68.3 Å². The van der Waals surface area contributed by atoms with E-state index in [1.807, 2.05) is 76.9 Å². The molecule has 0 radical (unpaired) electrons. The van der Waals surface area contributed by atoms with Crippen molar-refractivity contribution < 1.29 is 14.3 Å². The van der Waals surface area contributed by atoms with Crippen molar-refractivity contribution in [1.82, 2.24) is 34.9 Å². The van der Waals surface area contributed by atoms with Crippen molar-refractivity contribution in [1.29, 1.82) is 0 Å². The number of aromatic nitrogens is 4. The minimum absolute atomic E-state index is 0.233. The molecule has 1 aliphatic rings. The average molecular weight is 537 g/mol. The van der Waals surface area contributed by atoms with Crippen LogP contribution in [0.15, 0.2) is 36.8 Å². The van der Waals surface area contributed by atoms with Crippen molar-refractivity contribution in [2.24, 2.45) is 0 Å². The molecule has 0 saturated carbocycles. The van der Waals surface area contributed by atoms with Crippen LogP contribution in [0.2, 0.25) is 0 Å². The Morgan fingerprint density at radius 2 is 1.69 bits per heavy atom. The molecule has 11 nitrogen and oxygen atoms in total. The van der Waals surface area contributed by atoms with Gasteiger partial charge in [0.1, 0.15) is 11.4 Å². The molecule has 3 amide bonds. The summed E-state index contributed by atoms with van der Waals surface area (Å²) in [5.74, 6) is 0.464. The highest BCUT2D eigenvalue weighted by molar-refractivity contribution is 5.90. The molecule has 0 atom stereocenters. The molecule has 3 aromatic heterocycles. The number of carbonyl (C=O) groups is 2. The van der Waals surface area contributed by atoms with E-state index in [4.69, 9.17) is 4.74 Å². The van der Waals surface area contributed by atoms with E-state index in [-0.39, 0.29) is 17.7 Å². The lowest BCUT2D eigenvalue weighted by Crippen LogP contribution is -2.50. The quantitative estimate of drug-likeness (QED) is 0.481. The van der Waals surface area contributed by atoms with E-state index in [0.29, 0.717) is 24.4 Å². The second-order valence-electron chi connectivity index (χ2n) is 11.9. The Hall–Kier alpha value is -3.73. The second-order valence-corrected chi connectivity index (χ2v) is 11.9. The molecule has 1 aliphatic heterocycles. The number of pyridine rings is 2. The minimum atomic E-state index is -0.472. The first-order valence-electron chi connectivity index (χ1n) is 13.4. The molecule has 0 aliphatic carbocycles. The number of hydrogen-bond donors (Lipinski definition) is 2. The van der Waals surface area contributed by atoms with Crippen LogP contribution in [0.3, 0.4) is 0 Å². The standard InChI is InChI=1S/C28H40N8O3/c1-27(2,3)33-25(37)32-24-9-8-22-23(31-24)16-20(17-29-22)21-18-30-36(19-21)11-7-10-34-12-14-35(15-13-34)26(38)39-28(4,5)6/h8-9,16-19H,7,10-15H2,1-6H3,(H2,31,32,33,37). The van der Waals surface area contributed by atoms with Gasteiger partial charge < -0.3 is 15.0 Å². The molecule has 3 aromatic rings. The van der Waals surface area contributed by atoms with Crippen molar-refractivity contribution >= 4 is 29.0 Å². The Morgan fingerprint density at radius 1 is 0.949 bits per heavy atom. The summed E-state index contributed by atoms with van der Waals surface area (Å²) in [4.78, 5) is 37.7. The van der Waals surface area contributed by atoms with Gasteiger partial charge in [-0.25, -0.2) is 14.6 Å². The van der Waals surface area contributed by atoms with Gasteiger partial charge in [-0.15, -0.1) is 0 Å². The summed E-state index contributed by atoms with van der Waals surface area (Å²) in [6.07, 6.45) is 6.39. The van der Waals surface area contributed by atoms with Crippen molar-refractivity contribution in [3.63, 3.8) is 0 Å². The number of nitrogens with zero attached hydrogens (tertiary/aromatic N) is 6. The van der Waals surface area contributed by atoms with E-state index in [2.05, 4.69) is 30.6 Å². The fourth-order valence-electron chi connectivity index (χ4n) is 4.29. The molecule has 2 N–H and O–H groups in total. The summed E-state index contributed by atoms with van der Waals surface area (Å²) in [6.45, 7) is 16.2. The van der Waals surface area contributed by atoms with Gasteiger partial charge in [-0.05, 0) is 66.2 Å². The van der Waals surface area contributed by atoms with Crippen LogP contribution in [-0.2, 0) is 11.3 Å². The lowest BCUT2D eigenvalue weighted by atomic mass is 10.1. The Labute approximate surface area is 229 Å². The van der Waals surface area contributed by atoms with Crippen LogP contribution < -0.4 is 10.6 Å². The summed E-state index contributed by atoms with van der Waals surface area (Å²) in [5.41, 5.74) is 2.50. The molecule has 1 fully saturated rings. The summed E-state index contributed by atoms with van der Waals surface area (Å²) >= 11 is 0. The number of rotatable bonds is 6. The first-order valence-corrected chi connectivity index (χ1v) is 13.4. The van der Waals surface area contributed by atoms with Crippen LogP contribution in [0, 0.1) is 0 Å². The number of anilines is 1. The molecule has 39 heavy (non-hydrogen) atoms. The van der Waals surface area contributed by atoms with E-state index in [1.54, 1.807) is 11.0 Å². The molecule has 1 saturated heterocycles. The summed E-state index contributed by atoms with van der Waals surface area (Å²) < 4.78 is 7.42. The molecule has 11 heteroatoms. The third-order valence-corrected chi connectivity index (χ3v) is 6.12. The Kier molecular flexibility index (Phi) is 8.39. The number of hydrogen-bond acceptors (Lipinski definition) is 7. The smallest absolute Gasteiger partial charge is 0.410 e. The van der Waals surface area contributed by atoms with E-state index < -0.39 is 5.60 Å². The van der Waals surface area contributed by atoms with Gasteiger partial charge in [0.05, 0.1) is 17.2 Å². The SMILES string of the molecule is CC(C)(C)NC(=O)Nc1ccc2ncc(-c3cnn(CCCN4CCN(C(=O)OC(C)(C)C)CC4)c3)cc2n1. The van der Waals surface area contributed by atoms with E-state index >= 15 is 0 Å². The predicted octanol–water partition coefficient (Wildman–Crippen LogP) is 4.36. The number of carbonyl (C=O) groups excluding carboxylic acids is 2. The lowest BCUT2D eigenvalue weighted by Gasteiger charge is -2.35. The molecule has 0 spiro atoms. The summed E-state index contributed by atoms with van der Waals surface area (Å²) in [6, 6.07) is 5.24. The number of piperazine rings is 1. The predicted molar refractivity (Wildman–Crippen MR) is 152 cm³/mol. The normalized spacial score (nSPS) is 14.9. The van der Waals surface area contributed by atoms with Gasteiger partial charge in [-0.3, -0.25) is 19.9 Å². The Bertz CT molecular complexity index is 1300. The molecule has 0 unspecified atom stereocenters. The molecular weight excluding hydrogens is 496 g/mol. The van der Waals surface area contributed by atoms with Gasteiger partial charge in [-0.2, -0.15) is 5.10 Å². The van der Waals surface area contributed by atoms with E-state index in [0.717, 1.165) is 49.2 Å². The molecule has 0 bridgehead atoms. The van der Waals surface area contributed by atoms with Crippen LogP contribution in [0.5, 0.6) is 0 Å². The zero-order valence-electron chi connectivity index (χ0n) is 23.8. The van der Waals surface area contributed by atoms with Gasteiger partial charge in [0.2, 0.25) is 0 Å². The maximum Gasteiger partial charge on any atom is 0.410 e. The van der Waals surface area contributed by atoms with Crippen LogP contribution in [0.1, 0.15) is 48.0 Å². The van der Waals surface area contributed by atoms with E-state index in [9.17, 15) is 9.59 Å². The topological polar surface area (TPSA) is 118 Å². The monoisotopic (exact) mass is 536 g/mol. The van der Waals surface area contributed by atoms with Crippen molar-refractivity contribution in [3.05, 3.63) is 36.8 Å².